The number of hydrogen-bond acceptors (Lipinski definition) is 3. The lowest BCUT2D eigenvalue weighted by molar-refractivity contribution is 0.107. The molecule has 0 fully saturated rings. The van der Waals surface area contributed by atoms with Gasteiger partial charge in [-0.2, -0.15) is 0 Å². The van der Waals surface area contributed by atoms with Crippen molar-refractivity contribution in [2.45, 2.75) is 0 Å². The highest BCUT2D eigenvalue weighted by Crippen LogP contribution is 2.22. The molecule has 2 rings (SSSR count). The monoisotopic (exact) mass is 223 g/mol. The van der Waals surface area contributed by atoms with Crippen molar-refractivity contribution in [2.75, 3.05) is 0 Å². The van der Waals surface area contributed by atoms with Crippen molar-refractivity contribution in [1.29, 1.82) is 0 Å². The molecule has 2 nitrogen and oxygen atoms in total. The normalized spacial score (nSPS) is 10.1. The fraction of sp³-hybridized carbons (Fsp3) is 0. The average Bonchev–Trinajstić information content (AvgIpc) is 2.71. The van der Waals surface area contributed by atoms with E-state index >= 15 is 0 Å². The van der Waals surface area contributed by atoms with Crippen LogP contribution in [-0.4, -0.2) is 10.2 Å². The molecule has 0 radical (unpaired) electrons. The third-order valence-electron chi connectivity index (χ3n) is 1.72. The Hall–Kier alpha value is -1.19. The molecular formula is C10H6ClNOS. The third kappa shape index (κ3) is 1.84. The van der Waals surface area contributed by atoms with Gasteiger partial charge in [0, 0.05) is 0 Å². The van der Waals surface area contributed by atoms with Crippen molar-refractivity contribution in [3.05, 3.63) is 41.4 Å². The van der Waals surface area contributed by atoms with Crippen molar-refractivity contribution in [3.63, 3.8) is 0 Å². The van der Waals surface area contributed by atoms with Crippen LogP contribution in [0.25, 0.3) is 10.6 Å². The Bertz CT molecular complexity index is 453. The van der Waals surface area contributed by atoms with Gasteiger partial charge in [-0.15, -0.1) is 11.3 Å². The second-order valence-electron chi connectivity index (χ2n) is 2.66. The Morgan fingerprint density at radius 3 is 2.79 bits per heavy atom. The first-order chi connectivity index (χ1) is 6.77. The molecule has 4 heteroatoms. The highest BCUT2D eigenvalue weighted by Gasteiger charge is 2.05. The zero-order valence-electron chi connectivity index (χ0n) is 7.11. The van der Waals surface area contributed by atoms with Gasteiger partial charge in [-0.3, -0.25) is 4.79 Å². The highest BCUT2D eigenvalue weighted by molar-refractivity contribution is 7.13. The van der Waals surface area contributed by atoms with Gasteiger partial charge in [0.05, 0.1) is 10.6 Å². The first-order valence-electron chi connectivity index (χ1n) is 3.98. The summed E-state index contributed by atoms with van der Waals surface area (Å²) in [6.45, 7) is 0. The lowest BCUT2D eigenvalue weighted by atomic mass is 10.3. The van der Waals surface area contributed by atoms with Gasteiger partial charge in [0.2, 0.25) is 0 Å². The Morgan fingerprint density at radius 1 is 1.29 bits per heavy atom. The molecule has 0 bridgehead atoms. The van der Waals surface area contributed by atoms with E-state index in [1.54, 1.807) is 23.5 Å². The molecule has 0 atom stereocenters. The molecule has 0 amide bonds. The summed E-state index contributed by atoms with van der Waals surface area (Å²) in [4.78, 5) is 16.0. The van der Waals surface area contributed by atoms with E-state index in [2.05, 4.69) is 4.98 Å². The molecule has 0 unspecified atom stereocenters. The van der Waals surface area contributed by atoms with Crippen LogP contribution in [0, 0.1) is 0 Å². The van der Waals surface area contributed by atoms with E-state index in [-0.39, 0.29) is 5.69 Å². The summed E-state index contributed by atoms with van der Waals surface area (Å²) < 4.78 is 0. The van der Waals surface area contributed by atoms with Gasteiger partial charge < -0.3 is 0 Å². The minimum atomic E-state index is -0.525. The maximum atomic E-state index is 10.9. The largest absolute Gasteiger partial charge is 0.274 e. The van der Waals surface area contributed by atoms with Crippen molar-refractivity contribution >= 4 is 28.2 Å². The number of carbonyl (C=O) groups is 1. The van der Waals surface area contributed by atoms with Crippen LogP contribution in [0.2, 0.25) is 0 Å². The topological polar surface area (TPSA) is 30.0 Å². The number of halogens is 1. The van der Waals surface area contributed by atoms with Crippen LogP contribution in [0.3, 0.4) is 0 Å². The summed E-state index contributed by atoms with van der Waals surface area (Å²) >= 11 is 6.92. The van der Waals surface area contributed by atoms with Gasteiger partial charge in [-0.05, 0) is 35.2 Å². The van der Waals surface area contributed by atoms with Gasteiger partial charge in [-0.25, -0.2) is 4.98 Å². The van der Waals surface area contributed by atoms with Crippen LogP contribution in [0.1, 0.15) is 10.5 Å². The molecule has 0 aliphatic rings. The molecule has 0 saturated heterocycles. The van der Waals surface area contributed by atoms with Crippen LogP contribution < -0.4 is 0 Å². The number of pyridine rings is 1. The molecule has 2 aromatic heterocycles. The van der Waals surface area contributed by atoms with Gasteiger partial charge >= 0.3 is 0 Å². The first-order valence-corrected chi connectivity index (χ1v) is 5.24. The molecule has 0 spiro atoms. The van der Waals surface area contributed by atoms with Crippen molar-refractivity contribution in [1.82, 2.24) is 4.98 Å². The third-order valence-corrected chi connectivity index (χ3v) is 2.81. The SMILES string of the molecule is O=C(Cl)c1cccc(-c2cccs2)n1. The second-order valence-corrected chi connectivity index (χ2v) is 3.95. The Labute approximate surface area is 90.2 Å². The standard InChI is InChI=1S/C10H6ClNOS/c11-10(13)8-4-1-3-7(12-8)9-5-2-6-14-9/h1-6H. The quantitative estimate of drug-likeness (QED) is 0.732. The van der Waals surface area contributed by atoms with E-state index in [9.17, 15) is 4.79 Å². The highest BCUT2D eigenvalue weighted by atomic mass is 35.5. The minimum Gasteiger partial charge on any atom is -0.274 e. The minimum absolute atomic E-state index is 0.289. The summed E-state index contributed by atoms with van der Waals surface area (Å²) in [5, 5.41) is 1.44. The van der Waals surface area contributed by atoms with E-state index in [0.29, 0.717) is 0 Å². The summed E-state index contributed by atoms with van der Waals surface area (Å²) in [6, 6.07) is 9.13. The summed E-state index contributed by atoms with van der Waals surface area (Å²) in [5.41, 5.74) is 1.07. The predicted molar refractivity (Wildman–Crippen MR) is 57.7 cm³/mol. The van der Waals surface area contributed by atoms with Crippen LogP contribution in [0.5, 0.6) is 0 Å². The van der Waals surface area contributed by atoms with Gasteiger partial charge in [0.15, 0.2) is 0 Å². The van der Waals surface area contributed by atoms with Gasteiger partial charge in [0.1, 0.15) is 5.69 Å². The smallest absolute Gasteiger partial charge is 0.270 e. The predicted octanol–water partition coefficient (Wildman–Crippen LogP) is 3.19. The Kier molecular flexibility index (Phi) is 2.61. The van der Waals surface area contributed by atoms with Crippen molar-refractivity contribution < 1.29 is 4.79 Å². The zero-order valence-corrected chi connectivity index (χ0v) is 8.68. The molecule has 2 heterocycles. The second kappa shape index (κ2) is 3.90. The van der Waals surface area contributed by atoms with Crippen LogP contribution >= 0.6 is 22.9 Å². The molecule has 2 aromatic rings. The van der Waals surface area contributed by atoms with E-state index in [0.717, 1.165) is 10.6 Å². The van der Waals surface area contributed by atoms with Gasteiger partial charge in [-0.1, -0.05) is 12.1 Å². The average molecular weight is 224 g/mol. The van der Waals surface area contributed by atoms with Crippen LogP contribution in [-0.2, 0) is 0 Å². The van der Waals surface area contributed by atoms with E-state index in [1.165, 1.54) is 0 Å². The molecule has 0 saturated carbocycles. The maximum absolute atomic E-state index is 10.9. The summed E-state index contributed by atoms with van der Waals surface area (Å²) in [5.74, 6) is 0. The first kappa shape index (κ1) is 9.37. The molecule has 0 aliphatic heterocycles. The number of thiophene rings is 1. The molecule has 0 N–H and O–H groups in total. The van der Waals surface area contributed by atoms with E-state index in [4.69, 9.17) is 11.6 Å². The zero-order chi connectivity index (χ0) is 9.97. The van der Waals surface area contributed by atoms with Crippen LogP contribution in [0.4, 0.5) is 0 Å². The molecule has 0 aliphatic carbocycles. The van der Waals surface area contributed by atoms with Crippen molar-refractivity contribution in [3.8, 4) is 10.6 Å². The number of carbonyl (C=O) groups excluding carboxylic acids is 1. The molecule has 14 heavy (non-hydrogen) atoms. The Balaban J connectivity index is 2.46. The lowest BCUT2D eigenvalue weighted by Crippen LogP contribution is -1.94. The molecule has 70 valence electrons. The van der Waals surface area contributed by atoms with E-state index in [1.807, 2.05) is 23.6 Å². The number of rotatable bonds is 2. The van der Waals surface area contributed by atoms with Crippen LogP contribution in [0.15, 0.2) is 35.7 Å². The lowest BCUT2D eigenvalue weighted by Gasteiger charge is -1.97. The maximum Gasteiger partial charge on any atom is 0.270 e. The summed E-state index contributed by atoms with van der Waals surface area (Å²) in [7, 11) is 0. The molecule has 0 aromatic carbocycles. The van der Waals surface area contributed by atoms with Gasteiger partial charge in [0.25, 0.3) is 5.24 Å². The fourth-order valence-corrected chi connectivity index (χ4v) is 1.91. The number of hydrogen-bond donors (Lipinski definition) is 0. The fourth-order valence-electron chi connectivity index (χ4n) is 1.11. The van der Waals surface area contributed by atoms with E-state index < -0.39 is 5.24 Å². The number of nitrogens with zero attached hydrogens (tertiary/aromatic N) is 1. The molecular weight excluding hydrogens is 218 g/mol. The van der Waals surface area contributed by atoms with Crippen molar-refractivity contribution in [2.24, 2.45) is 0 Å². The summed E-state index contributed by atoms with van der Waals surface area (Å²) in [6.07, 6.45) is 0. The Morgan fingerprint density at radius 2 is 2.14 bits per heavy atom. The number of aromatic nitrogens is 1.